The van der Waals surface area contributed by atoms with Crippen LogP contribution in [0.25, 0.3) is 0 Å². The highest BCUT2D eigenvalue weighted by atomic mass is 14.3. The largest absolute Gasteiger partial charge is 0.0654 e. The van der Waals surface area contributed by atoms with Crippen LogP contribution in [0.2, 0.25) is 0 Å². The number of unbranched alkanes of at least 4 members (excludes halogenated alkanes) is 3. The van der Waals surface area contributed by atoms with Crippen molar-refractivity contribution >= 4 is 0 Å². The first-order chi connectivity index (χ1) is 13.3. The highest BCUT2D eigenvalue weighted by molar-refractivity contribution is 5.28. The third-order valence-electron chi connectivity index (χ3n) is 7.74. The minimum absolute atomic E-state index is 0.839. The van der Waals surface area contributed by atoms with Crippen molar-refractivity contribution in [1.29, 1.82) is 0 Å². The van der Waals surface area contributed by atoms with Crippen LogP contribution in [0, 0.1) is 11.8 Å². The average molecular weight is 369 g/mol. The molecule has 152 valence electrons. The zero-order valence-electron chi connectivity index (χ0n) is 18.2. The van der Waals surface area contributed by atoms with Gasteiger partial charge in [-0.05, 0) is 86.2 Å². The maximum absolute atomic E-state index is 2.49. The van der Waals surface area contributed by atoms with Crippen LogP contribution in [-0.4, -0.2) is 0 Å². The van der Waals surface area contributed by atoms with Crippen LogP contribution < -0.4 is 0 Å². The van der Waals surface area contributed by atoms with E-state index in [1.807, 2.05) is 0 Å². The minimum atomic E-state index is 0.839. The van der Waals surface area contributed by atoms with Crippen molar-refractivity contribution in [3.8, 4) is 0 Å². The van der Waals surface area contributed by atoms with Crippen molar-refractivity contribution < 1.29 is 0 Å². The van der Waals surface area contributed by atoms with Gasteiger partial charge >= 0.3 is 0 Å². The second-order valence-corrected chi connectivity index (χ2v) is 9.74. The van der Waals surface area contributed by atoms with Gasteiger partial charge in [0.15, 0.2) is 0 Å². The summed E-state index contributed by atoms with van der Waals surface area (Å²) in [5.74, 6) is 3.72. The third kappa shape index (κ3) is 6.37. The van der Waals surface area contributed by atoms with Gasteiger partial charge in [0.1, 0.15) is 0 Å². The van der Waals surface area contributed by atoms with Gasteiger partial charge in [-0.1, -0.05) is 83.1 Å². The summed E-state index contributed by atoms with van der Waals surface area (Å²) in [4.78, 5) is 0. The van der Waals surface area contributed by atoms with Gasteiger partial charge in [0, 0.05) is 0 Å². The molecule has 0 nitrogen and oxygen atoms in total. The Hall–Kier alpha value is -0.780. The first-order valence-corrected chi connectivity index (χ1v) is 12.4. The molecule has 2 saturated carbocycles. The van der Waals surface area contributed by atoms with Crippen LogP contribution in [0.4, 0.5) is 0 Å². The Morgan fingerprint density at radius 3 is 1.48 bits per heavy atom. The fraction of sp³-hybridized carbons (Fsp3) is 0.778. The molecule has 0 spiro atoms. The van der Waals surface area contributed by atoms with Crippen molar-refractivity contribution in [1.82, 2.24) is 0 Å². The lowest BCUT2D eigenvalue weighted by molar-refractivity contribution is 0.301. The Labute approximate surface area is 169 Å². The predicted molar refractivity (Wildman–Crippen MR) is 120 cm³/mol. The first-order valence-electron chi connectivity index (χ1n) is 12.4. The van der Waals surface area contributed by atoms with Gasteiger partial charge in [-0.2, -0.15) is 0 Å². The zero-order chi connectivity index (χ0) is 18.9. The molecule has 0 unspecified atom stereocenters. The van der Waals surface area contributed by atoms with Gasteiger partial charge < -0.3 is 0 Å². The normalized spacial score (nSPS) is 29.0. The summed E-state index contributed by atoms with van der Waals surface area (Å²) in [7, 11) is 0. The molecule has 2 aliphatic carbocycles. The highest BCUT2D eigenvalue weighted by Crippen LogP contribution is 2.40. The molecule has 1 aromatic rings. The van der Waals surface area contributed by atoms with Crippen molar-refractivity contribution in [2.45, 2.75) is 122 Å². The summed E-state index contributed by atoms with van der Waals surface area (Å²) in [6.45, 7) is 4.65. The van der Waals surface area contributed by atoms with E-state index in [1.165, 1.54) is 96.3 Å². The summed E-state index contributed by atoms with van der Waals surface area (Å²) < 4.78 is 0. The molecule has 0 atom stereocenters. The maximum atomic E-state index is 2.49. The Morgan fingerprint density at radius 1 is 0.556 bits per heavy atom. The van der Waals surface area contributed by atoms with Gasteiger partial charge in [0.2, 0.25) is 0 Å². The molecule has 2 fully saturated rings. The molecular formula is C27H44. The van der Waals surface area contributed by atoms with Crippen LogP contribution in [0.3, 0.4) is 0 Å². The fourth-order valence-corrected chi connectivity index (χ4v) is 5.88. The lowest BCUT2D eigenvalue weighted by Crippen LogP contribution is -2.14. The first kappa shape index (κ1) is 20.9. The number of hydrogen-bond donors (Lipinski definition) is 0. The highest BCUT2D eigenvalue weighted by Gasteiger charge is 2.24. The van der Waals surface area contributed by atoms with Crippen LogP contribution in [0.5, 0.6) is 0 Å². The number of benzene rings is 1. The van der Waals surface area contributed by atoms with Crippen LogP contribution >= 0.6 is 0 Å². The van der Waals surface area contributed by atoms with E-state index in [4.69, 9.17) is 0 Å². The Kier molecular flexibility index (Phi) is 8.75. The van der Waals surface area contributed by atoms with Gasteiger partial charge in [-0.15, -0.1) is 0 Å². The molecule has 2 aliphatic rings. The lowest BCUT2D eigenvalue weighted by Gasteiger charge is -2.30. The molecule has 0 saturated heterocycles. The molecule has 0 amide bonds. The average Bonchev–Trinajstić information content (AvgIpc) is 2.73. The van der Waals surface area contributed by atoms with Crippen LogP contribution in [0.15, 0.2) is 24.3 Å². The van der Waals surface area contributed by atoms with Crippen molar-refractivity contribution in [3.05, 3.63) is 35.4 Å². The summed E-state index contributed by atoms with van der Waals surface area (Å²) >= 11 is 0. The SMILES string of the molecule is CCCCCC[C@H]1CC[C@H](c2ccc([C@H]3CC[C@H](CCC)CC3)cc2)CC1. The monoisotopic (exact) mass is 368 g/mol. The number of hydrogen-bond acceptors (Lipinski definition) is 0. The maximum Gasteiger partial charge on any atom is -0.0162 e. The molecule has 1 aromatic carbocycles. The van der Waals surface area contributed by atoms with E-state index in [0.29, 0.717) is 0 Å². The Morgan fingerprint density at radius 2 is 1.04 bits per heavy atom. The summed E-state index contributed by atoms with van der Waals surface area (Å²) in [5, 5.41) is 0. The molecule has 0 heteroatoms. The third-order valence-corrected chi connectivity index (χ3v) is 7.74. The lowest BCUT2D eigenvalue weighted by atomic mass is 9.75. The second-order valence-electron chi connectivity index (χ2n) is 9.74. The summed E-state index contributed by atoms with van der Waals surface area (Å²) in [6, 6.07) is 9.94. The topological polar surface area (TPSA) is 0 Å². The van der Waals surface area contributed by atoms with Crippen molar-refractivity contribution in [3.63, 3.8) is 0 Å². The summed E-state index contributed by atoms with van der Waals surface area (Å²) in [5.41, 5.74) is 3.25. The minimum Gasteiger partial charge on any atom is -0.0654 e. The predicted octanol–water partition coefficient (Wildman–Crippen LogP) is 9.00. The fourth-order valence-electron chi connectivity index (χ4n) is 5.88. The molecule has 27 heavy (non-hydrogen) atoms. The standard InChI is InChI=1S/C27H44/c1-3-5-6-7-9-23-12-16-25(17-13-23)27-20-18-26(19-21-27)24-14-10-22(8-4-2)11-15-24/h18-25H,3-17H2,1-2H3/t22-,23-,24-,25-. The van der Waals surface area contributed by atoms with Gasteiger partial charge in [-0.25, -0.2) is 0 Å². The van der Waals surface area contributed by atoms with E-state index < -0.39 is 0 Å². The molecule has 0 heterocycles. The molecule has 0 aromatic heterocycles. The van der Waals surface area contributed by atoms with Gasteiger partial charge in [-0.3, -0.25) is 0 Å². The smallest absolute Gasteiger partial charge is 0.0162 e. The van der Waals surface area contributed by atoms with Crippen molar-refractivity contribution in [2.75, 3.05) is 0 Å². The molecule has 0 bridgehead atoms. The van der Waals surface area contributed by atoms with E-state index in [1.54, 1.807) is 11.1 Å². The quantitative estimate of drug-likeness (QED) is 0.381. The zero-order valence-corrected chi connectivity index (χ0v) is 18.2. The van der Waals surface area contributed by atoms with E-state index in [2.05, 4.69) is 38.1 Å². The van der Waals surface area contributed by atoms with E-state index >= 15 is 0 Å². The molecular weight excluding hydrogens is 324 g/mol. The summed E-state index contributed by atoms with van der Waals surface area (Å²) in [6.07, 6.45) is 21.6. The van der Waals surface area contributed by atoms with E-state index in [9.17, 15) is 0 Å². The second kappa shape index (κ2) is 11.3. The Balaban J connectivity index is 1.42. The van der Waals surface area contributed by atoms with E-state index in [0.717, 1.165) is 23.7 Å². The van der Waals surface area contributed by atoms with Crippen LogP contribution in [-0.2, 0) is 0 Å². The number of rotatable bonds is 9. The van der Waals surface area contributed by atoms with E-state index in [-0.39, 0.29) is 0 Å². The van der Waals surface area contributed by atoms with Crippen molar-refractivity contribution in [2.24, 2.45) is 11.8 Å². The van der Waals surface area contributed by atoms with Gasteiger partial charge in [0.25, 0.3) is 0 Å². The molecule has 0 radical (unpaired) electrons. The molecule has 0 N–H and O–H groups in total. The molecule has 0 aliphatic heterocycles. The van der Waals surface area contributed by atoms with Crippen LogP contribution in [0.1, 0.15) is 133 Å². The Bertz CT molecular complexity index is 497. The van der Waals surface area contributed by atoms with Gasteiger partial charge in [0.05, 0.1) is 0 Å². The molecule has 3 rings (SSSR count).